The van der Waals surface area contributed by atoms with E-state index in [2.05, 4.69) is 0 Å². The van der Waals surface area contributed by atoms with Crippen LogP contribution in [0.3, 0.4) is 0 Å². The molecule has 0 aliphatic carbocycles. The van der Waals surface area contributed by atoms with Gasteiger partial charge in [0, 0.05) is 13.1 Å². The summed E-state index contributed by atoms with van der Waals surface area (Å²) < 4.78 is 86.8. The summed E-state index contributed by atoms with van der Waals surface area (Å²) in [6.45, 7) is -0.0587. The van der Waals surface area contributed by atoms with Crippen molar-refractivity contribution < 1.29 is 30.7 Å². The second-order valence-corrected chi connectivity index (χ2v) is 3.79. The molecule has 0 amide bonds. The summed E-state index contributed by atoms with van der Waals surface area (Å²) in [5.74, 6) is -1.50. The van der Waals surface area contributed by atoms with Crippen molar-refractivity contribution in [3.63, 3.8) is 0 Å². The molecule has 0 radical (unpaired) electrons. The number of halogens is 7. The van der Waals surface area contributed by atoms with Crippen molar-refractivity contribution in [1.29, 1.82) is 0 Å². The van der Waals surface area contributed by atoms with Gasteiger partial charge in [0.2, 0.25) is 0 Å². The Balaban J connectivity index is 3.02. The van der Waals surface area contributed by atoms with Crippen molar-refractivity contribution in [1.82, 2.24) is 9.80 Å². The van der Waals surface area contributed by atoms with E-state index in [0.29, 0.717) is 19.3 Å². The van der Waals surface area contributed by atoms with Crippen LogP contribution in [-0.2, 0) is 0 Å². The molecule has 1 heterocycles. The molecule has 2 nitrogen and oxygen atoms in total. The molecule has 0 aromatic carbocycles. The Morgan fingerprint density at radius 1 is 0.889 bits per heavy atom. The zero-order valence-corrected chi connectivity index (χ0v) is 9.15. The average Bonchev–Trinajstić information content (AvgIpc) is 2.23. The normalized spacial score (nSPS) is 19.1. The van der Waals surface area contributed by atoms with Crippen LogP contribution in [0, 0.1) is 0 Å². The highest BCUT2D eigenvalue weighted by atomic mass is 19.4. The first-order chi connectivity index (χ1) is 8.18. The van der Waals surface area contributed by atoms with Crippen molar-refractivity contribution in [2.75, 3.05) is 13.1 Å². The maximum atomic E-state index is 12.5. The number of alkyl halides is 6. The molecular weight excluding hydrogens is 269 g/mol. The highest BCUT2D eigenvalue weighted by Crippen LogP contribution is 2.38. The van der Waals surface area contributed by atoms with Crippen molar-refractivity contribution in [3.05, 3.63) is 12.2 Å². The third-order valence-electron chi connectivity index (χ3n) is 2.51. The molecule has 9 heteroatoms. The molecule has 0 saturated carbocycles. The fourth-order valence-corrected chi connectivity index (χ4v) is 1.79. The fraction of sp³-hybridized carbons (Fsp3) is 0.778. The third-order valence-corrected chi connectivity index (χ3v) is 2.51. The number of hydrogen-bond donors (Lipinski definition) is 0. The quantitative estimate of drug-likeness (QED) is 0.563. The highest BCUT2D eigenvalue weighted by Gasteiger charge is 2.56. The summed E-state index contributed by atoms with van der Waals surface area (Å²) >= 11 is 0. The maximum Gasteiger partial charge on any atom is 0.493 e. The number of piperidine rings is 1. The Morgan fingerprint density at radius 2 is 1.33 bits per heavy atom. The van der Waals surface area contributed by atoms with Gasteiger partial charge in [-0.2, -0.15) is 4.90 Å². The predicted octanol–water partition coefficient (Wildman–Crippen LogP) is 3.58. The van der Waals surface area contributed by atoms with Crippen LogP contribution in [0.5, 0.6) is 0 Å². The van der Waals surface area contributed by atoms with E-state index >= 15 is 0 Å². The first kappa shape index (κ1) is 14.9. The van der Waals surface area contributed by atoms with E-state index in [4.69, 9.17) is 0 Å². The van der Waals surface area contributed by atoms with Gasteiger partial charge in [-0.3, -0.25) is 0 Å². The summed E-state index contributed by atoms with van der Waals surface area (Å²) in [6.07, 6.45) is -10.5. The van der Waals surface area contributed by atoms with Crippen LogP contribution in [-0.4, -0.2) is 35.5 Å². The zero-order chi connectivity index (χ0) is 14.0. The van der Waals surface area contributed by atoms with Gasteiger partial charge in [-0.1, -0.05) is 0 Å². The SMILES string of the molecule is F/C=C(\N1CCCCC1)N(C(F)(F)F)C(F)(F)F. The molecule has 0 bridgehead atoms. The van der Waals surface area contributed by atoms with Crippen LogP contribution in [0.25, 0.3) is 0 Å². The molecule has 106 valence electrons. The first-order valence-electron chi connectivity index (χ1n) is 5.17. The van der Waals surface area contributed by atoms with E-state index in [-0.39, 0.29) is 13.1 Å². The molecule has 1 aliphatic rings. The molecule has 18 heavy (non-hydrogen) atoms. The molecule has 1 saturated heterocycles. The molecule has 0 spiro atoms. The third kappa shape index (κ3) is 3.42. The van der Waals surface area contributed by atoms with Crippen molar-refractivity contribution in [2.24, 2.45) is 0 Å². The maximum absolute atomic E-state index is 12.5. The minimum atomic E-state index is -5.71. The van der Waals surface area contributed by atoms with E-state index in [1.54, 1.807) is 0 Å². The van der Waals surface area contributed by atoms with Crippen LogP contribution in [0.15, 0.2) is 12.2 Å². The van der Waals surface area contributed by atoms with Crippen LogP contribution in [0.2, 0.25) is 0 Å². The average molecular weight is 280 g/mol. The Kier molecular flexibility index (Phi) is 4.33. The lowest BCUT2D eigenvalue weighted by atomic mass is 10.1. The summed E-state index contributed by atoms with van der Waals surface area (Å²) in [6, 6.07) is 0. The topological polar surface area (TPSA) is 6.48 Å². The van der Waals surface area contributed by atoms with Gasteiger partial charge >= 0.3 is 12.6 Å². The van der Waals surface area contributed by atoms with Crippen LogP contribution in [0.1, 0.15) is 19.3 Å². The standard InChI is InChI=1S/C9H11F7N2/c10-6-7(17-4-2-1-3-5-17)18(8(11,12)13)9(14,15)16/h6H,1-5H2/b7-6+. The lowest BCUT2D eigenvalue weighted by molar-refractivity contribution is -0.365. The van der Waals surface area contributed by atoms with E-state index in [1.165, 1.54) is 0 Å². The Morgan fingerprint density at radius 3 is 1.67 bits per heavy atom. The lowest BCUT2D eigenvalue weighted by Gasteiger charge is -2.38. The molecule has 1 fully saturated rings. The van der Waals surface area contributed by atoms with Gasteiger partial charge in [0.1, 0.15) is 12.2 Å². The second-order valence-electron chi connectivity index (χ2n) is 3.79. The number of hydrogen-bond acceptors (Lipinski definition) is 2. The van der Waals surface area contributed by atoms with Gasteiger partial charge in [0.05, 0.1) is 0 Å². The van der Waals surface area contributed by atoms with Crippen LogP contribution >= 0.6 is 0 Å². The monoisotopic (exact) mass is 280 g/mol. The zero-order valence-electron chi connectivity index (χ0n) is 9.15. The van der Waals surface area contributed by atoms with Gasteiger partial charge < -0.3 is 4.90 Å². The van der Waals surface area contributed by atoms with E-state index in [9.17, 15) is 30.7 Å². The van der Waals surface area contributed by atoms with Gasteiger partial charge in [-0.25, -0.2) is 4.39 Å². The van der Waals surface area contributed by atoms with Crippen molar-refractivity contribution in [3.8, 4) is 0 Å². The summed E-state index contributed by atoms with van der Waals surface area (Å²) in [5.41, 5.74) is 0. The minimum absolute atomic E-state index is 0.0294. The predicted molar refractivity (Wildman–Crippen MR) is 48.6 cm³/mol. The van der Waals surface area contributed by atoms with Crippen LogP contribution in [0.4, 0.5) is 30.7 Å². The molecule has 0 N–H and O–H groups in total. The Hall–Kier alpha value is -1.15. The van der Waals surface area contributed by atoms with Gasteiger partial charge in [-0.15, -0.1) is 26.3 Å². The van der Waals surface area contributed by atoms with Gasteiger partial charge in [-0.05, 0) is 19.3 Å². The lowest BCUT2D eigenvalue weighted by Crippen LogP contribution is -2.52. The van der Waals surface area contributed by atoms with Gasteiger partial charge in [0.25, 0.3) is 0 Å². The number of rotatable bonds is 2. The van der Waals surface area contributed by atoms with E-state index in [1.807, 2.05) is 0 Å². The molecule has 0 atom stereocenters. The molecule has 1 rings (SSSR count). The van der Waals surface area contributed by atoms with Crippen molar-refractivity contribution in [2.45, 2.75) is 31.9 Å². The number of nitrogens with zero attached hydrogens (tertiary/aromatic N) is 2. The fourth-order valence-electron chi connectivity index (χ4n) is 1.79. The molecular formula is C9H11F7N2. The van der Waals surface area contributed by atoms with Crippen molar-refractivity contribution >= 4 is 0 Å². The first-order valence-corrected chi connectivity index (χ1v) is 5.17. The number of likely N-dealkylation sites (tertiary alicyclic amines) is 1. The molecule has 1 aliphatic heterocycles. The summed E-state index contributed by atoms with van der Waals surface area (Å²) in [4.78, 5) is -1.05. The Bertz CT molecular complexity index is 287. The van der Waals surface area contributed by atoms with Crippen LogP contribution < -0.4 is 0 Å². The van der Waals surface area contributed by atoms with E-state index in [0.717, 1.165) is 4.90 Å². The molecule has 0 unspecified atom stereocenters. The molecule has 0 aromatic heterocycles. The summed E-state index contributed by atoms with van der Waals surface area (Å²) in [7, 11) is 0. The van der Waals surface area contributed by atoms with E-state index < -0.39 is 29.7 Å². The molecule has 0 aromatic rings. The van der Waals surface area contributed by atoms with Gasteiger partial charge in [0.15, 0.2) is 0 Å². The largest absolute Gasteiger partial charge is 0.493 e. The minimum Gasteiger partial charge on any atom is -0.356 e. The highest BCUT2D eigenvalue weighted by molar-refractivity contribution is 5.00. The smallest absolute Gasteiger partial charge is 0.356 e. The Labute approximate surface area is 98.6 Å². The second kappa shape index (κ2) is 5.23. The summed E-state index contributed by atoms with van der Waals surface area (Å²) in [5, 5.41) is 0.